The fraction of sp³-hybridized carbons (Fsp3) is 0.476. The van der Waals surface area contributed by atoms with Crippen molar-refractivity contribution < 1.29 is 13.9 Å². The van der Waals surface area contributed by atoms with E-state index >= 15 is 0 Å². The van der Waals surface area contributed by atoms with Crippen molar-refractivity contribution in [3.8, 4) is 0 Å². The molecule has 2 aliphatic rings. The maximum Gasteiger partial charge on any atom is 0.254 e. The number of amides is 1. The molecule has 166 valence electrons. The van der Waals surface area contributed by atoms with Gasteiger partial charge in [-0.05, 0) is 31.0 Å². The van der Waals surface area contributed by atoms with Crippen molar-refractivity contribution in [1.29, 1.82) is 0 Å². The van der Waals surface area contributed by atoms with Gasteiger partial charge in [0.25, 0.3) is 5.91 Å². The summed E-state index contributed by atoms with van der Waals surface area (Å²) in [4.78, 5) is 22.4. The van der Waals surface area contributed by atoms with Crippen LogP contribution in [0, 0.1) is 5.82 Å². The zero-order valence-electron chi connectivity index (χ0n) is 17.3. The fourth-order valence-corrected chi connectivity index (χ4v) is 4.01. The number of nitrogens with one attached hydrogen (secondary N) is 2. The number of anilines is 4. The van der Waals surface area contributed by atoms with E-state index in [1.807, 2.05) is 4.90 Å². The number of hydrogen-bond acceptors (Lipinski definition) is 8. The monoisotopic (exact) mass is 429 g/mol. The molecule has 1 aliphatic heterocycles. The summed E-state index contributed by atoms with van der Waals surface area (Å²) in [6.07, 6.45) is 5.44. The number of carbonyl (C=O) groups excluding carboxylic acids is 1. The van der Waals surface area contributed by atoms with Crippen molar-refractivity contribution in [2.24, 2.45) is 11.5 Å². The smallest absolute Gasteiger partial charge is 0.254 e. The van der Waals surface area contributed by atoms with Crippen molar-refractivity contribution in [2.45, 2.75) is 37.8 Å². The van der Waals surface area contributed by atoms with Gasteiger partial charge in [-0.3, -0.25) is 4.79 Å². The molecule has 9 nitrogen and oxygen atoms in total. The molecule has 31 heavy (non-hydrogen) atoms. The standard InChI is InChI=1S/C21H28FN7O2/c22-15-11-13(5-6-18(15)29-7-9-31-10-8-29)26-20-14(19(24)30)12-25-21(28-20)27-17-4-2-1-3-16(17)23/h5-6,11-12,16-17H,1-4,7-10,23H2,(H2,24,30)(H2,25,26,27,28)/t16-,17+/m0/s1. The van der Waals surface area contributed by atoms with Crippen LogP contribution in [-0.2, 0) is 4.74 Å². The van der Waals surface area contributed by atoms with Gasteiger partial charge in [-0.1, -0.05) is 12.8 Å². The molecule has 2 aromatic rings. The summed E-state index contributed by atoms with van der Waals surface area (Å²) >= 11 is 0. The molecular formula is C21H28FN7O2. The highest BCUT2D eigenvalue weighted by atomic mass is 19.1. The number of halogens is 1. The summed E-state index contributed by atoms with van der Waals surface area (Å²) in [5.74, 6) is -0.477. The Morgan fingerprint density at radius 2 is 2.00 bits per heavy atom. The first kappa shape index (κ1) is 21.3. The van der Waals surface area contributed by atoms with Crippen LogP contribution in [0.5, 0.6) is 0 Å². The zero-order chi connectivity index (χ0) is 21.8. The van der Waals surface area contributed by atoms with Crippen LogP contribution in [0.4, 0.5) is 27.5 Å². The van der Waals surface area contributed by atoms with E-state index in [-0.39, 0.29) is 29.3 Å². The van der Waals surface area contributed by atoms with E-state index in [9.17, 15) is 9.18 Å². The first-order chi connectivity index (χ1) is 15.0. The lowest BCUT2D eigenvalue weighted by atomic mass is 9.91. The Labute approximate surface area is 180 Å². The molecule has 2 heterocycles. The molecule has 1 saturated carbocycles. The third-order valence-electron chi connectivity index (χ3n) is 5.75. The molecule has 1 amide bonds. The van der Waals surface area contributed by atoms with Crippen LogP contribution in [-0.4, -0.2) is 54.3 Å². The summed E-state index contributed by atoms with van der Waals surface area (Å²) in [6.45, 7) is 2.42. The minimum Gasteiger partial charge on any atom is -0.378 e. The first-order valence-corrected chi connectivity index (χ1v) is 10.6. The third kappa shape index (κ3) is 5.02. The number of hydrogen-bond donors (Lipinski definition) is 4. The summed E-state index contributed by atoms with van der Waals surface area (Å²) in [6, 6.07) is 4.90. The number of benzene rings is 1. The molecule has 0 bridgehead atoms. The molecule has 0 spiro atoms. The highest BCUT2D eigenvalue weighted by Crippen LogP contribution is 2.27. The number of ether oxygens (including phenoxy) is 1. The first-order valence-electron chi connectivity index (χ1n) is 10.6. The van der Waals surface area contributed by atoms with E-state index in [4.69, 9.17) is 16.2 Å². The van der Waals surface area contributed by atoms with Gasteiger partial charge < -0.3 is 31.7 Å². The second kappa shape index (κ2) is 9.44. The lowest BCUT2D eigenvalue weighted by Gasteiger charge is -2.29. The van der Waals surface area contributed by atoms with Gasteiger partial charge in [0, 0.05) is 37.1 Å². The van der Waals surface area contributed by atoms with Crippen molar-refractivity contribution in [1.82, 2.24) is 9.97 Å². The van der Waals surface area contributed by atoms with Crippen molar-refractivity contribution in [3.05, 3.63) is 35.8 Å². The van der Waals surface area contributed by atoms with Gasteiger partial charge >= 0.3 is 0 Å². The van der Waals surface area contributed by atoms with Crippen LogP contribution in [0.1, 0.15) is 36.0 Å². The van der Waals surface area contributed by atoms with Gasteiger partial charge in [0.05, 0.1) is 18.9 Å². The van der Waals surface area contributed by atoms with Crippen LogP contribution < -0.4 is 27.0 Å². The van der Waals surface area contributed by atoms with Gasteiger partial charge in [0.1, 0.15) is 17.2 Å². The molecule has 1 aromatic carbocycles. The predicted molar refractivity (Wildman–Crippen MR) is 117 cm³/mol. The van der Waals surface area contributed by atoms with E-state index in [1.54, 1.807) is 12.1 Å². The normalized spacial score (nSPS) is 21.5. The Kier molecular flexibility index (Phi) is 6.47. The Hall–Kier alpha value is -2.98. The Morgan fingerprint density at radius 3 is 2.71 bits per heavy atom. The van der Waals surface area contributed by atoms with Crippen LogP contribution in [0.25, 0.3) is 0 Å². The molecular weight excluding hydrogens is 401 g/mol. The number of aromatic nitrogens is 2. The Morgan fingerprint density at radius 1 is 1.23 bits per heavy atom. The van der Waals surface area contributed by atoms with Crippen LogP contribution in [0.3, 0.4) is 0 Å². The van der Waals surface area contributed by atoms with Gasteiger partial charge in [-0.25, -0.2) is 9.37 Å². The van der Waals surface area contributed by atoms with E-state index in [0.717, 1.165) is 25.7 Å². The molecule has 1 saturated heterocycles. The second-order valence-corrected chi connectivity index (χ2v) is 7.91. The van der Waals surface area contributed by atoms with Gasteiger partial charge in [-0.2, -0.15) is 4.98 Å². The number of morpholine rings is 1. The Bertz CT molecular complexity index is 936. The minimum atomic E-state index is -0.672. The lowest BCUT2D eigenvalue weighted by Crippen LogP contribution is -2.43. The van der Waals surface area contributed by atoms with E-state index in [2.05, 4.69) is 20.6 Å². The van der Waals surface area contributed by atoms with Gasteiger partial charge in [0.2, 0.25) is 5.95 Å². The van der Waals surface area contributed by atoms with Gasteiger partial charge in [-0.15, -0.1) is 0 Å². The molecule has 10 heteroatoms. The molecule has 0 radical (unpaired) electrons. The molecule has 2 fully saturated rings. The maximum atomic E-state index is 14.8. The number of primary amides is 1. The quantitative estimate of drug-likeness (QED) is 0.548. The van der Waals surface area contributed by atoms with Gasteiger partial charge in [0.15, 0.2) is 0 Å². The fourth-order valence-electron chi connectivity index (χ4n) is 4.01. The van der Waals surface area contributed by atoms with Crippen LogP contribution in [0.2, 0.25) is 0 Å². The minimum absolute atomic E-state index is 0.0198. The summed E-state index contributed by atoms with van der Waals surface area (Å²) in [5, 5.41) is 6.26. The van der Waals surface area contributed by atoms with Crippen molar-refractivity contribution in [2.75, 3.05) is 41.8 Å². The van der Waals surface area contributed by atoms with E-state index < -0.39 is 5.91 Å². The summed E-state index contributed by atoms with van der Waals surface area (Å²) < 4.78 is 20.1. The highest BCUT2D eigenvalue weighted by Gasteiger charge is 2.23. The van der Waals surface area contributed by atoms with Crippen molar-refractivity contribution in [3.63, 3.8) is 0 Å². The molecule has 6 N–H and O–H groups in total. The average molecular weight is 430 g/mol. The SMILES string of the molecule is NC(=O)c1cnc(N[C@@H]2CCCC[C@@H]2N)nc1Nc1ccc(N2CCOCC2)c(F)c1. The van der Waals surface area contributed by atoms with Crippen LogP contribution in [0.15, 0.2) is 24.4 Å². The van der Waals surface area contributed by atoms with E-state index in [1.165, 1.54) is 12.3 Å². The summed E-state index contributed by atoms with van der Waals surface area (Å²) in [5.41, 5.74) is 12.8. The van der Waals surface area contributed by atoms with E-state index in [0.29, 0.717) is 43.6 Å². The summed E-state index contributed by atoms with van der Waals surface area (Å²) in [7, 11) is 0. The average Bonchev–Trinajstić information content (AvgIpc) is 2.76. The molecule has 0 unspecified atom stereocenters. The molecule has 1 aromatic heterocycles. The zero-order valence-corrected chi connectivity index (χ0v) is 17.3. The molecule has 4 rings (SSSR count). The highest BCUT2D eigenvalue weighted by molar-refractivity contribution is 5.98. The third-order valence-corrected chi connectivity index (χ3v) is 5.75. The number of carbonyl (C=O) groups is 1. The lowest BCUT2D eigenvalue weighted by molar-refractivity contribution is 0.100. The Balaban J connectivity index is 1.54. The van der Waals surface area contributed by atoms with Crippen LogP contribution >= 0.6 is 0 Å². The molecule has 2 atom stereocenters. The topological polar surface area (TPSA) is 131 Å². The van der Waals surface area contributed by atoms with Crippen molar-refractivity contribution >= 4 is 29.0 Å². The second-order valence-electron chi connectivity index (χ2n) is 7.91. The molecule has 1 aliphatic carbocycles. The largest absolute Gasteiger partial charge is 0.378 e. The number of nitrogens with zero attached hydrogens (tertiary/aromatic N) is 3. The number of rotatable bonds is 6. The maximum absolute atomic E-state index is 14.8. The predicted octanol–water partition coefficient (Wildman–Crippen LogP) is 1.98. The number of nitrogens with two attached hydrogens (primary N) is 2.